The van der Waals surface area contributed by atoms with Crippen molar-refractivity contribution in [3.05, 3.63) is 0 Å². The summed E-state index contributed by atoms with van der Waals surface area (Å²) in [6.45, 7) is 2.21. The Balaban J connectivity index is 0. The van der Waals surface area contributed by atoms with E-state index in [4.69, 9.17) is 24.8 Å². The minimum absolute atomic E-state index is 0. The SMILES string of the molecule is CCCCCCSC(=S)[S-].[Cs+]. The van der Waals surface area contributed by atoms with Crippen LogP contribution in [0.15, 0.2) is 0 Å². The van der Waals surface area contributed by atoms with Gasteiger partial charge in [0.05, 0.1) is 0 Å². The summed E-state index contributed by atoms with van der Waals surface area (Å²) < 4.78 is 0.663. The molecule has 0 aliphatic carbocycles. The van der Waals surface area contributed by atoms with Gasteiger partial charge in [0.15, 0.2) is 0 Å². The fourth-order valence-corrected chi connectivity index (χ4v) is 1.70. The first-order valence-electron chi connectivity index (χ1n) is 3.61. The number of thiocarbonyl (C=S) groups is 1. The molecule has 0 amide bonds. The minimum atomic E-state index is 0. The van der Waals surface area contributed by atoms with Crippen molar-refractivity contribution in [1.29, 1.82) is 0 Å². The summed E-state index contributed by atoms with van der Waals surface area (Å²) in [6.07, 6.45) is 5.21. The molecule has 11 heavy (non-hydrogen) atoms. The molecule has 0 fully saturated rings. The van der Waals surface area contributed by atoms with E-state index in [1.54, 1.807) is 11.8 Å². The molecule has 0 unspecified atom stereocenters. The third-order valence-electron chi connectivity index (χ3n) is 1.22. The van der Waals surface area contributed by atoms with Crippen molar-refractivity contribution in [3.63, 3.8) is 0 Å². The number of hydrogen-bond donors (Lipinski definition) is 0. The van der Waals surface area contributed by atoms with E-state index in [9.17, 15) is 0 Å². The van der Waals surface area contributed by atoms with Crippen molar-refractivity contribution in [1.82, 2.24) is 0 Å². The third-order valence-corrected chi connectivity index (χ3v) is 2.65. The van der Waals surface area contributed by atoms with Gasteiger partial charge < -0.3 is 24.8 Å². The molecule has 0 nitrogen and oxygen atoms in total. The fourth-order valence-electron chi connectivity index (χ4n) is 0.684. The number of rotatable bonds is 5. The van der Waals surface area contributed by atoms with Crippen LogP contribution in [0.3, 0.4) is 0 Å². The average Bonchev–Trinajstić information content (AvgIpc) is 1.87. The molecule has 0 radical (unpaired) electrons. The molecular weight excluding hydrogens is 313 g/mol. The zero-order chi connectivity index (χ0) is 7.82. The summed E-state index contributed by atoms with van der Waals surface area (Å²) in [5.74, 6) is 1.11. The van der Waals surface area contributed by atoms with Gasteiger partial charge in [-0.2, -0.15) is 0 Å². The molecule has 0 N–H and O–H groups in total. The van der Waals surface area contributed by atoms with Crippen LogP contribution < -0.4 is 68.9 Å². The van der Waals surface area contributed by atoms with E-state index < -0.39 is 0 Å². The van der Waals surface area contributed by atoms with Crippen LogP contribution in [0.25, 0.3) is 0 Å². The predicted molar refractivity (Wildman–Crippen MR) is 56.6 cm³/mol. The third kappa shape index (κ3) is 15.5. The summed E-state index contributed by atoms with van der Waals surface area (Å²) in [7, 11) is 0. The Hall–Kier alpha value is 2.71. The normalized spacial score (nSPS) is 8.82. The Morgan fingerprint density at radius 3 is 2.45 bits per heavy atom. The van der Waals surface area contributed by atoms with Gasteiger partial charge in [0.25, 0.3) is 0 Å². The molecule has 0 bridgehead atoms. The molecule has 0 atom stereocenters. The topological polar surface area (TPSA) is 0 Å². The van der Waals surface area contributed by atoms with E-state index in [1.807, 2.05) is 0 Å². The zero-order valence-electron chi connectivity index (χ0n) is 7.26. The van der Waals surface area contributed by atoms with Gasteiger partial charge in [-0.3, -0.25) is 0 Å². The first-order chi connectivity index (χ1) is 4.77. The van der Waals surface area contributed by atoms with Crippen LogP contribution in [0.5, 0.6) is 0 Å². The molecular formula is C7H13CsS3. The van der Waals surface area contributed by atoms with Crippen LogP contribution in [0.4, 0.5) is 0 Å². The fraction of sp³-hybridized carbons (Fsp3) is 0.857. The van der Waals surface area contributed by atoms with Crippen molar-refractivity contribution >= 4 is 40.1 Å². The molecule has 0 saturated carbocycles. The van der Waals surface area contributed by atoms with Crippen LogP contribution in [-0.2, 0) is 12.6 Å². The Morgan fingerprint density at radius 1 is 1.36 bits per heavy atom. The summed E-state index contributed by atoms with van der Waals surface area (Å²) in [5, 5.41) is 0. The van der Waals surface area contributed by atoms with Crippen LogP contribution in [0.2, 0.25) is 0 Å². The molecule has 0 heterocycles. The zero-order valence-corrected chi connectivity index (χ0v) is 16.0. The maximum Gasteiger partial charge on any atom is 1.00 e. The van der Waals surface area contributed by atoms with Gasteiger partial charge >= 0.3 is 68.9 Å². The summed E-state index contributed by atoms with van der Waals surface area (Å²) in [5.41, 5.74) is 0. The monoisotopic (exact) mass is 326 g/mol. The van der Waals surface area contributed by atoms with E-state index in [2.05, 4.69) is 6.92 Å². The Bertz CT molecular complexity index is 95.7. The Kier molecular flexibility index (Phi) is 18.7. The maximum atomic E-state index is 4.75. The molecule has 0 spiro atoms. The van der Waals surface area contributed by atoms with Crippen molar-refractivity contribution in [2.45, 2.75) is 32.6 Å². The summed E-state index contributed by atoms with van der Waals surface area (Å²) >= 11 is 11.1. The Morgan fingerprint density at radius 2 is 2.00 bits per heavy atom. The molecule has 0 aromatic rings. The molecule has 60 valence electrons. The van der Waals surface area contributed by atoms with Gasteiger partial charge in [0.2, 0.25) is 0 Å². The molecule has 0 aliphatic rings. The van der Waals surface area contributed by atoms with Gasteiger partial charge in [-0.25, -0.2) is 0 Å². The van der Waals surface area contributed by atoms with Crippen molar-refractivity contribution in [2.75, 3.05) is 5.75 Å². The molecule has 0 rings (SSSR count). The van der Waals surface area contributed by atoms with Crippen LogP contribution in [0.1, 0.15) is 32.6 Å². The van der Waals surface area contributed by atoms with E-state index in [0.717, 1.165) is 5.75 Å². The van der Waals surface area contributed by atoms with Crippen molar-refractivity contribution in [2.24, 2.45) is 0 Å². The molecule has 0 saturated heterocycles. The van der Waals surface area contributed by atoms with Gasteiger partial charge in [-0.1, -0.05) is 29.7 Å². The van der Waals surface area contributed by atoms with E-state index in [0.29, 0.717) is 3.53 Å². The summed E-state index contributed by atoms with van der Waals surface area (Å²) in [6, 6.07) is 0. The predicted octanol–water partition coefficient (Wildman–Crippen LogP) is 0.136. The van der Waals surface area contributed by atoms with Crippen LogP contribution in [-0.4, -0.2) is 9.28 Å². The largest absolute Gasteiger partial charge is 1.00 e. The maximum absolute atomic E-state index is 4.75. The second kappa shape index (κ2) is 12.7. The molecule has 4 heteroatoms. The quantitative estimate of drug-likeness (QED) is 0.401. The van der Waals surface area contributed by atoms with Gasteiger partial charge in [-0.05, 0) is 12.2 Å². The molecule has 0 aliphatic heterocycles. The van der Waals surface area contributed by atoms with Crippen LogP contribution >= 0.6 is 24.0 Å². The van der Waals surface area contributed by atoms with Gasteiger partial charge in [0, 0.05) is 0 Å². The smallest absolute Gasteiger partial charge is 0.422 e. The second-order valence-electron chi connectivity index (χ2n) is 2.16. The standard InChI is InChI=1S/C7H14S3.Cs/c1-2-3-4-5-6-10-7(8)9;/h2-6H2,1H3,(H,8,9);/q;+1/p-1. The van der Waals surface area contributed by atoms with E-state index in [1.165, 1.54) is 25.7 Å². The Labute approximate surface area is 144 Å². The first-order valence-corrected chi connectivity index (χ1v) is 5.41. The van der Waals surface area contributed by atoms with E-state index >= 15 is 0 Å². The van der Waals surface area contributed by atoms with Gasteiger partial charge in [-0.15, -0.1) is 11.8 Å². The second-order valence-corrected chi connectivity index (χ2v) is 4.86. The van der Waals surface area contributed by atoms with Crippen molar-refractivity contribution in [3.8, 4) is 0 Å². The van der Waals surface area contributed by atoms with Crippen molar-refractivity contribution < 1.29 is 68.9 Å². The molecule has 0 aromatic heterocycles. The average molecular weight is 326 g/mol. The minimum Gasteiger partial charge on any atom is -0.422 e. The van der Waals surface area contributed by atoms with Crippen LogP contribution in [0, 0.1) is 0 Å². The first kappa shape index (κ1) is 16.2. The van der Waals surface area contributed by atoms with E-state index in [-0.39, 0.29) is 68.9 Å². The van der Waals surface area contributed by atoms with Gasteiger partial charge in [0.1, 0.15) is 0 Å². The number of hydrogen-bond acceptors (Lipinski definition) is 3. The molecule has 0 aromatic carbocycles. The number of unbranched alkanes of at least 4 members (excludes halogenated alkanes) is 3. The number of thioether (sulfide) groups is 1. The summed E-state index contributed by atoms with van der Waals surface area (Å²) in [4.78, 5) is 0.